The van der Waals surface area contributed by atoms with E-state index in [0.29, 0.717) is 37.1 Å². The first-order valence-corrected chi connectivity index (χ1v) is 11.8. The lowest BCUT2D eigenvalue weighted by Crippen LogP contribution is -2.17. The number of nitrogens with zero attached hydrogens (tertiary/aromatic N) is 4. The van der Waals surface area contributed by atoms with E-state index in [1.54, 1.807) is 0 Å². The van der Waals surface area contributed by atoms with Crippen LogP contribution in [0.5, 0.6) is 0 Å². The molecule has 6 aromatic rings. The Morgan fingerprint density at radius 1 is 0.882 bits per heavy atom. The van der Waals surface area contributed by atoms with Gasteiger partial charge in [-0.1, -0.05) is 59.6 Å². The van der Waals surface area contributed by atoms with Crippen molar-refractivity contribution in [1.82, 2.24) is 19.4 Å². The van der Waals surface area contributed by atoms with Crippen molar-refractivity contribution in [3.05, 3.63) is 105 Å². The molecule has 6 rings (SSSR count). The molecule has 0 unspecified atom stereocenters. The van der Waals surface area contributed by atoms with Gasteiger partial charge in [-0.05, 0) is 64.3 Å². The van der Waals surface area contributed by atoms with Crippen LogP contribution in [0.4, 0.5) is 0 Å². The van der Waals surface area contributed by atoms with Crippen LogP contribution in [-0.2, 0) is 0 Å². The zero-order valence-corrected chi connectivity index (χ0v) is 20.3. The highest BCUT2D eigenvalue weighted by molar-refractivity contribution is 9.10. The summed E-state index contributed by atoms with van der Waals surface area (Å²) in [5, 5.41) is 1.87. The lowest BCUT2D eigenvalue weighted by atomic mass is 9.99. The van der Waals surface area contributed by atoms with E-state index < -0.39 is 0 Å². The highest BCUT2D eigenvalue weighted by atomic mass is 79.9. The maximum Gasteiger partial charge on any atom is 0.268 e. The van der Waals surface area contributed by atoms with Crippen LogP contribution in [0.15, 0.2) is 88.4 Å². The molecule has 0 aliphatic rings. The maximum atomic E-state index is 13.4. The van der Waals surface area contributed by atoms with Crippen molar-refractivity contribution in [2.75, 3.05) is 0 Å². The predicted molar refractivity (Wildman–Crippen MR) is 140 cm³/mol. The number of fused-ring (bicyclic) bond motifs is 4. The number of pyridine rings is 1. The molecule has 7 heteroatoms. The van der Waals surface area contributed by atoms with Gasteiger partial charge in [-0.15, -0.1) is 0 Å². The van der Waals surface area contributed by atoms with Gasteiger partial charge in [-0.25, -0.2) is 19.4 Å². The fraction of sp³-hybridized carbons (Fsp3) is 0.0370. The molecule has 34 heavy (non-hydrogen) atoms. The highest BCUT2D eigenvalue weighted by Gasteiger charge is 2.17. The summed E-state index contributed by atoms with van der Waals surface area (Å²) in [7, 11) is 0. The molecule has 164 valence electrons. The monoisotopic (exact) mass is 526 g/mol. The molecule has 0 fully saturated rings. The zero-order valence-electron chi connectivity index (χ0n) is 18.0. The second kappa shape index (κ2) is 8.01. The number of aromatic nitrogens is 4. The van der Waals surface area contributed by atoms with Crippen molar-refractivity contribution in [2.45, 2.75) is 6.92 Å². The van der Waals surface area contributed by atoms with Crippen LogP contribution in [0.1, 0.15) is 5.56 Å². The lowest BCUT2D eigenvalue weighted by molar-refractivity contribution is 1.03. The summed E-state index contributed by atoms with van der Waals surface area (Å²) in [6.07, 6.45) is 1.50. The van der Waals surface area contributed by atoms with E-state index in [2.05, 4.69) is 40.0 Å². The summed E-state index contributed by atoms with van der Waals surface area (Å²) in [6, 6.07) is 23.4. The second-order valence-electron chi connectivity index (χ2n) is 8.12. The molecule has 0 N–H and O–H groups in total. The number of benzene rings is 3. The van der Waals surface area contributed by atoms with Crippen LogP contribution in [0.3, 0.4) is 0 Å². The molecule has 0 aliphatic carbocycles. The SMILES string of the molecule is Cc1ccc(-c2cc(-c3ccc(Cl)cc3)c3c(ncn4c(=O)c5c(Br)cccc5nc34)n2)cc1. The summed E-state index contributed by atoms with van der Waals surface area (Å²) in [6.45, 7) is 2.05. The minimum absolute atomic E-state index is 0.188. The molecule has 0 aliphatic heterocycles. The van der Waals surface area contributed by atoms with Gasteiger partial charge in [0.25, 0.3) is 5.56 Å². The molecule has 0 saturated heterocycles. The summed E-state index contributed by atoms with van der Waals surface area (Å²) in [5.41, 5.74) is 6.21. The van der Waals surface area contributed by atoms with Crippen molar-refractivity contribution in [3.63, 3.8) is 0 Å². The summed E-state index contributed by atoms with van der Waals surface area (Å²) in [4.78, 5) is 27.7. The first kappa shape index (κ1) is 21.0. The van der Waals surface area contributed by atoms with Crippen LogP contribution >= 0.6 is 27.5 Å². The van der Waals surface area contributed by atoms with Crippen molar-refractivity contribution in [1.29, 1.82) is 0 Å². The van der Waals surface area contributed by atoms with Gasteiger partial charge >= 0.3 is 0 Å². The molecule has 0 atom stereocenters. The number of halogens is 2. The van der Waals surface area contributed by atoms with Gasteiger partial charge in [0.2, 0.25) is 0 Å². The van der Waals surface area contributed by atoms with Crippen molar-refractivity contribution in [3.8, 4) is 22.4 Å². The van der Waals surface area contributed by atoms with Gasteiger partial charge in [0.1, 0.15) is 6.33 Å². The number of hydrogen-bond acceptors (Lipinski definition) is 4. The summed E-state index contributed by atoms with van der Waals surface area (Å²) >= 11 is 9.65. The average Bonchev–Trinajstić information content (AvgIpc) is 2.84. The highest BCUT2D eigenvalue weighted by Crippen LogP contribution is 2.34. The minimum Gasteiger partial charge on any atom is -0.268 e. The number of aryl methyl sites for hydroxylation is 1. The van der Waals surface area contributed by atoms with Crippen LogP contribution < -0.4 is 5.56 Å². The van der Waals surface area contributed by atoms with Crippen molar-refractivity contribution < 1.29 is 0 Å². The number of rotatable bonds is 2. The Labute approximate surface area is 207 Å². The van der Waals surface area contributed by atoms with Gasteiger partial charge in [0.05, 0.1) is 22.0 Å². The van der Waals surface area contributed by atoms with Gasteiger partial charge in [-0.3, -0.25) is 4.79 Å². The molecule has 0 radical (unpaired) electrons. The predicted octanol–water partition coefficient (Wildman–Crippen LogP) is 6.85. The normalized spacial score (nSPS) is 11.5. The Bertz CT molecular complexity index is 1800. The molecule has 0 amide bonds. The largest absolute Gasteiger partial charge is 0.268 e. The molecule has 3 heterocycles. The third kappa shape index (κ3) is 3.38. The van der Waals surface area contributed by atoms with E-state index in [1.807, 2.05) is 60.7 Å². The van der Waals surface area contributed by atoms with Gasteiger partial charge in [0.15, 0.2) is 11.3 Å². The van der Waals surface area contributed by atoms with Gasteiger partial charge in [0, 0.05) is 15.1 Å². The third-order valence-corrected chi connectivity index (χ3v) is 6.81. The molecular weight excluding hydrogens is 512 g/mol. The Morgan fingerprint density at radius 2 is 1.62 bits per heavy atom. The van der Waals surface area contributed by atoms with Crippen LogP contribution in [-0.4, -0.2) is 19.4 Å². The van der Waals surface area contributed by atoms with Crippen LogP contribution in [0, 0.1) is 6.92 Å². The molecular formula is C27H16BrClN4O. The first-order valence-electron chi connectivity index (χ1n) is 10.6. The van der Waals surface area contributed by atoms with Crippen LogP contribution in [0.2, 0.25) is 5.02 Å². The first-order chi connectivity index (χ1) is 16.5. The van der Waals surface area contributed by atoms with Gasteiger partial charge in [-0.2, -0.15) is 0 Å². The number of hydrogen-bond donors (Lipinski definition) is 0. The minimum atomic E-state index is -0.188. The average molecular weight is 528 g/mol. The summed E-state index contributed by atoms with van der Waals surface area (Å²) < 4.78 is 2.19. The maximum absolute atomic E-state index is 13.4. The molecule has 3 aromatic heterocycles. The fourth-order valence-corrected chi connectivity index (χ4v) is 4.82. The Hall–Kier alpha value is -3.61. The lowest BCUT2D eigenvalue weighted by Gasteiger charge is -2.13. The Morgan fingerprint density at radius 3 is 2.38 bits per heavy atom. The standard InChI is InChI=1S/C27H16BrClN4O/c1-15-5-7-17(8-6-15)22-13-19(16-9-11-18(29)12-10-16)23-25(31-22)30-14-33-26(23)32-21-4-2-3-20(28)24(21)27(33)34/h2-14H,1H3. The van der Waals surface area contributed by atoms with Crippen molar-refractivity contribution >= 4 is 55.1 Å². The molecule has 0 spiro atoms. The van der Waals surface area contributed by atoms with Crippen molar-refractivity contribution in [2.24, 2.45) is 0 Å². The molecule has 0 bridgehead atoms. The van der Waals surface area contributed by atoms with E-state index in [9.17, 15) is 4.79 Å². The molecule has 5 nitrogen and oxygen atoms in total. The molecule has 3 aromatic carbocycles. The van der Waals surface area contributed by atoms with E-state index in [-0.39, 0.29) is 5.56 Å². The van der Waals surface area contributed by atoms with E-state index in [4.69, 9.17) is 21.6 Å². The Balaban J connectivity index is 1.77. The second-order valence-corrected chi connectivity index (χ2v) is 9.41. The zero-order chi connectivity index (χ0) is 23.4. The topological polar surface area (TPSA) is 60.2 Å². The third-order valence-electron chi connectivity index (χ3n) is 5.90. The van der Waals surface area contributed by atoms with E-state index in [1.165, 1.54) is 16.3 Å². The van der Waals surface area contributed by atoms with E-state index >= 15 is 0 Å². The Kier molecular flexibility index (Phi) is 4.94. The van der Waals surface area contributed by atoms with Crippen LogP contribution in [0.25, 0.3) is 50.0 Å². The molecule has 0 saturated carbocycles. The summed E-state index contributed by atoms with van der Waals surface area (Å²) in [5.74, 6) is 0. The smallest absolute Gasteiger partial charge is 0.268 e. The fourth-order valence-electron chi connectivity index (χ4n) is 4.17. The van der Waals surface area contributed by atoms with E-state index in [0.717, 1.165) is 22.4 Å². The van der Waals surface area contributed by atoms with Gasteiger partial charge < -0.3 is 0 Å². The quantitative estimate of drug-likeness (QED) is 0.182.